The molecule has 0 aliphatic carbocycles. The minimum Gasteiger partial charge on any atom is -0.480 e. The van der Waals surface area contributed by atoms with Crippen LogP contribution in [0.4, 0.5) is 0 Å². The van der Waals surface area contributed by atoms with E-state index in [4.69, 9.17) is 16.6 Å². The molecule has 0 saturated carbocycles. The van der Waals surface area contributed by atoms with E-state index in [1.54, 1.807) is 0 Å². The summed E-state index contributed by atoms with van der Waals surface area (Å²) in [7, 11) is 0. The smallest absolute Gasteiger partial charge is 0.326 e. The van der Waals surface area contributed by atoms with Crippen molar-refractivity contribution in [3.8, 4) is 0 Å². The zero-order chi connectivity index (χ0) is 21.7. The van der Waals surface area contributed by atoms with E-state index in [-0.39, 0.29) is 18.1 Å². The van der Waals surface area contributed by atoms with Crippen molar-refractivity contribution in [3.63, 3.8) is 0 Å². The molecule has 4 unspecified atom stereocenters. The first-order valence-electron chi connectivity index (χ1n) is 9.34. The number of hydrogen-bond acceptors (Lipinski definition) is 7. The second-order valence-corrected chi connectivity index (χ2v) is 6.98. The van der Waals surface area contributed by atoms with Crippen LogP contribution < -0.4 is 27.4 Å². The van der Waals surface area contributed by atoms with Gasteiger partial charge in [0.2, 0.25) is 17.7 Å². The first kappa shape index (κ1) is 26.1. The maximum absolute atomic E-state index is 12.2. The van der Waals surface area contributed by atoms with Gasteiger partial charge in [-0.1, -0.05) is 20.3 Å². The molecule has 162 valence electrons. The minimum absolute atomic E-state index is 0.0171. The molecule has 0 heterocycles. The Bertz CT molecular complexity index is 534. The monoisotopic (exact) mass is 419 g/mol. The van der Waals surface area contributed by atoms with Gasteiger partial charge in [0.25, 0.3) is 0 Å². The molecule has 10 nitrogen and oxygen atoms in total. The lowest BCUT2D eigenvalue weighted by atomic mass is 9.99. The Morgan fingerprint density at radius 2 is 1.71 bits per heavy atom. The minimum atomic E-state index is -1.16. The van der Waals surface area contributed by atoms with Crippen LogP contribution in [-0.2, 0) is 19.2 Å². The average molecular weight is 420 g/mol. The largest absolute Gasteiger partial charge is 0.480 e. The Kier molecular flexibility index (Phi) is 13.3. The molecule has 0 aliphatic heterocycles. The SMILES string of the molecule is CCC(C)C(N)C(=O)NC(CS)C(=O)NCC(=O)NC(CCCCN)C(=O)O. The summed E-state index contributed by atoms with van der Waals surface area (Å²) in [5.41, 5.74) is 11.2. The summed E-state index contributed by atoms with van der Waals surface area (Å²) in [6.07, 6.45) is 2.17. The van der Waals surface area contributed by atoms with Crippen molar-refractivity contribution in [2.24, 2.45) is 17.4 Å². The van der Waals surface area contributed by atoms with Gasteiger partial charge in [-0.3, -0.25) is 14.4 Å². The predicted octanol–water partition coefficient (Wildman–Crippen LogP) is -1.41. The number of nitrogens with two attached hydrogens (primary N) is 2. The van der Waals surface area contributed by atoms with Crippen molar-refractivity contribution in [2.45, 2.75) is 57.7 Å². The maximum Gasteiger partial charge on any atom is 0.326 e. The number of carbonyl (C=O) groups excluding carboxylic acids is 3. The van der Waals surface area contributed by atoms with Gasteiger partial charge in [0.15, 0.2) is 0 Å². The predicted molar refractivity (Wildman–Crippen MR) is 109 cm³/mol. The van der Waals surface area contributed by atoms with E-state index >= 15 is 0 Å². The van der Waals surface area contributed by atoms with E-state index in [9.17, 15) is 19.2 Å². The molecular formula is C17H33N5O5S. The third kappa shape index (κ3) is 9.90. The van der Waals surface area contributed by atoms with Crippen molar-refractivity contribution in [1.29, 1.82) is 0 Å². The van der Waals surface area contributed by atoms with Gasteiger partial charge in [0.1, 0.15) is 12.1 Å². The number of aliphatic carboxylic acids is 1. The van der Waals surface area contributed by atoms with Crippen molar-refractivity contribution >= 4 is 36.3 Å². The summed E-state index contributed by atoms with van der Waals surface area (Å²) >= 11 is 4.04. The van der Waals surface area contributed by atoms with Gasteiger partial charge in [0, 0.05) is 5.75 Å². The Morgan fingerprint density at radius 1 is 1.07 bits per heavy atom. The zero-order valence-corrected chi connectivity index (χ0v) is 17.3. The summed E-state index contributed by atoms with van der Waals surface area (Å²) in [5, 5.41) is 16.4. The number of unbranched alkanes of at least 4 members (excludes halogenated alkanes) is 1. The molecule has 0 spiro atoms. The highest BCUT2D eigenvalue weighted by atomic mass is 32.1. The maximum atomic E-state index is 12.2. The highest BCUT2D eigenvalue weighted by Gasteiger charge is 2.26. The topological polar surface area (TPSA) is 177 Å². The van der Waals surface area contributed by atoms with Crippen LogP contribution in [0.2, 0.25) is 0 Å². The van der Waals surface area contributed by atoms with Crippen LogP contribution in [-0.4, -0.2) is 65.8 Å². The molecular weight excluding hydrogens is 386 g/mol. The molecule has 8 N–H and O–H groups in total. The molecule has 0 fully saturated rings. The first-order valence-corrected chi connectivity index (χ1v) is 9.97. The Labute approximate surface area is 171 Å². The van der Waals surface area contributed by atoms with Crippen LogP contribution in [0.3, 0.4) is 0 Å². The number of thiol groups is 1. The number of rotatable bonds is 14. The molecule has 0 radical (unpaired) electrons. The number of carbonyl (C=O) groups is 4. The van der Waals surface area contributed by atoms with Crippen molar-refractivity contribution in [2.75, 3.05) is 18.8 Å². The lowest BCUT2D eigenvalue weighted by Crippen LogP contribution is -2.55. The molecule has 0 bridgehead atoms. The summed E-state index contributed by atoms with van der Waals surface area (Å²) in [6, 6.07) is -2.77. The first-order chi connectivity index (χ1) is 13.2. The lowest BCUT2D eigenvalue weighted by molar-refractivity contribution is -0.142. The number of amides is 3. The summed E-state index contributed by atoms with van der Waals surface area (Å²) in [6.45, 7) is 3.75. The van der Waals surface area contributed by atoms with Gasteiger partial charge in [0.05, 0.1) is 12.6 Å². The highest BCUT2D eigenvalue weighted by Crippen LogP contribution is 2.05. The molecule has 4 atom stereocenters. The van der Waals surface area contributed by atoms with E-state index in [0.717, 1.165) is 0 Å². The van der Waals surface area contributed by atoms with Crippen LogP contribution in [0.25, 0.3) is 0 Å². The third-order valence-electron chi connectivity index (χ3n) is 4.38. The molecule has 28 heavy (non-hydrogen) atoms. The Morgan fingerprint density at radius 3 is 2.21 bits per heavy atom. The van der Waals surface area contributed by atoms with Crippen molar-refractivity contribution in [3.05, 3.63) is 0 Å². The number of nitrogens with one attached hydrogen (secondary N) is 3. The lowest BCUT2D eigenvalue weighted by Gasteiger charge is -2.22. The van der Waals surface area contributed by atoms with Crippen molar-refractivity contribution in [1.82, 2.24) is 16.0 Å². The molecule has 0 aromatic heterocycles. The van der Waals surface area contributed by atoms with Gasteiger partial charge in [-0.2, -0.15) is 12.6 Å². The van der Waals surface area contributed by atoms with Crippen LogP contribution >= 0.6 is 12.6 Å². The van der Waals surface area contributed by atoms with E-state index in [1.165, 1.54) is 0 Å². The van der Waals surface area contributed by atoms with Gasteiger partial charge >= 0.3 is 5.97 Å². The number of carboxylic acid groups (broad SMARTS) is 1. The highest BCUT2D eigenvalue weighted by molar-refractivity contribution is 7.80. The standard InChI is InChI=1S/C17H33N5O5S/c1-3-10(2)14(19)16(25)22-12(9-28)15(24)20-8-13(23)21-11(17(26)27)6-4-5-7-18/h10-12,14,28H,3-9,18-19H2,1-2H3,(H,20,24)(H,21,23)(H,22,25)(H,26,27). The summed E-state index contributed by atoms with van der Waals surface area (Å²) in [4.78, 5) is 47.4. The van der Waals surface area contributed by atoms with E-state index < -0.39 is 48.4 Å². The van der Waals surface area contributed by atoms with Gasteiger partial charge in [-0.15, -0.1) is 0 Å². The van der Waals surface area contributed by atoms with Crippen LogP contribution in [0.1, 0.15) is 39.5 Å². The normalized spacial score (nSPS) is 15.0. The molecule has 11 heteroatoms. The second kappa shape index (κ2) is 14.2. The molecule has 0 aromatic carbocycles. The van der Waals surface area contributed by atoms with Crippen LogP contribution in [0.15, 0.2) is 0 Å². The fourth-order valence-corrected chi connectivity index (χ4v) is 2.52. The average Bonchev–Trinajstić information content (AvgIpc) is 2.67. The molecule has 0 aromatic rings. The fourth-order valence-electron chi connectivity index (χ4n) is 2.26. The Hall–Kier alpha value is -1.85. The van der Waals surface area contributed by atoms with Gasteiger partial charge in [-0.05, 0) is 31.7 Å². The zero-order valence-electron chi connectivity index (χ0n) is 16.4. The molecule has 0 saturated heterocycles. The van der Waals surface area contributed by atoms with Crippen LogP contribution in [0.5, 0.6) is 0 Å². The second-order valence-electron chi connectivity index (χ2n) is 6.62. The number of carboxylic acids is 1. The van der Waals surface area contributed by atoms with Gasteiger partial charge in [-0.25, -0.2) is 4.79 Å². The van der Waals surface area contributed by atoms with Crippen molar-refractivity contribution < 1.29 is 24.3 Å². The Balaban J connectivity index is 4.55. The van der Waals surface area contributed by atoms with E-state index in [2.05, 4.69) is 28.6 Å². The third-order valence-corrected chi connectivity index (χ3v) is 4.74. The fraction of sp³-hybridized carbons (Fsp3) is 0.765. The summed E-state index contributed by atoms with van der Waals surface area (Å²) < 4.78 is 0. The van der Waals surface area contributed by atoms with E-state index in [0.29, 0.717) is 25.8 Å². The van der Waals surface area contributed by atoms with E-state index in [1.807, 2.05) is 13.8 Å². The molecule has 3 amide bonds. The quantitative estimate of drug-likeness (QED) is 0.134. The van der Waals surface area contributed by atoms with Crippen LogP contribution in [0, 0.1) is 5.92 Å². The molecule has 0 aliphatic rings. The summed E-state index contributed by atoms with van der Waals surface area (Å²) in [5.74, 6) is -2.92. The molecule has 0 rings (SSSR count). The number of hydrogen-bond donors (Lipinski definition) is 7. The van der Waals surface area contributed by atoms with Gasteiger partial charge < -0.3 is 32.5 Å².